The molecule has 1 atom stereocenters. The Kier molecular flexibility index (Phi) is 5.29. The van der Waals surface area contributed by atoms with Crippen molar-refractivity contribution in [1.29, 1.82) is 0 Å². The number of nitrogens with zero attached hydrogens (tertiary/aromatic N) is 3. The van der Waals surface area contributed by atoms with E-state index in [1.807, 2.05) is 0 Å². The predicted octanol–water partition coefficient (Wildman–Crippen LogP) is 2.95. The molecule has 2 aromatic heterocycles. The van der Waals surface area contributed by atoms with Gasteiger partial charge in [0.05, 0.1) is 0 Å². The number of fused-ring (bicyclic) bond motifs is 1. The molecule has 0 aliphatic carbocycles. The van der Waals surface area contributed by atoms with E-state index in [0.29, 0.717) is 39.9 Å². The Morgan fingerprint density at radius 2 is 2.07 bits per heavy atom. The highest BCUT2D eigenvalue weighted by atomic mass is 79.9. The van der Waals surface area contributed by atoms with Crippen molar-refractivity contribution in [1.82, 2.24) is 14.5 Å². The molecule has 154 valence electrons. The van der Waals surface area contributed by atoms with Crippen LogP contribution >= 0.6 is 15.9 Å². The Hall–Kier alpha value is -3.20. The number of hydrogen-bond acceptors (Lipinski definition) is 5. The van der Waals surface area contributed by atoms with Crippen LogP contribution in [-0.2, 0) is 16.1 Å². The first-order valence-corrected chi connectivity index (χ1v) is 10.2. The molecule has 8 nitrogen and oxygen atoms in total. The number of likely N-dealkylation sites (tertiary alicyclic amines) is 1. The van der Waals surface area contributed by atoms with E-state index in [0.717, 1.165) is 0 Å². The number of phenolic OH excluding ortho intramolecular Hbond substituents is 1. The highest BCUT2D eigenvalue weighted by molar-refractivity contribution is 9.10. The second-order valence-electron chi connectivity index (χ2n) is 7.15. The van der Waals surface area contributed by atoms with Crippen molar-refractivity contribution in [3.05, 3.63) is 52.8 Å². The van der Waals surface area contributed by atoms with E-state index in [2.05, 4.69) is 26.2 Å². The van der Waals surface area contributed by atoms with Crippen LogP contribution in [0.1, 0.15) is 23.7 Å². The molecular formula is C21H19BrN4O4. The molecule has 0 radical (unpaired) electrons. The number of pyridine rings is 1. The van der Waals surface area contributed by atoms with E-state index in [1.165, 1.54) is 24.0 Å². The van der Waals surface area contributed by atoms with Gasteiger partial charge in [0.2, 0.25) is 11.8 Å². The number of carbonyl (C=O) groups is 3. The van der Waals surface area contributed by atoms with Gasteiger partial charge in [-0.1, -0.05) is 6.07 Å². The topological polar surface area (TPSA) is 105 Å². The first-order chi connectivity index (χ1) is 14.3. The van der Waals surface area contributed by atoms with Crippen molar-refractivity contribution in [2.75, 3.05) is 11.9 Å². The molecule has 4 rings (SSSR count). The fraction of sp³-hybridized carbons (Fsp3) is 0.238. The average molecular weight is 471 g/mol. The van der Waals surface area contributed by atoms with Crippen LogP contribution in [0.4, 0.5) is 5.82 Å². The maximum absolute atomic E-state index is 12.9. The zero-order chi connectivity index (χ0) is 21.4. The number of anilines is 1. The minimum absolute atomic E-state index is 0.00648. The van der Waals surface area contributed by atoms with Crippen LogP contribution in [0.3, 0.4) is 0 Å². The van der Waals surface area contributed by atoms with Crippen LogP contribution in [-0.4, -0.2) is 49.7 Å². The van der Waals surface area contributed by atoms with Crippen molar-refractivity contribution >= 4 is 50.2 Å². The maximum Gasteiger partial charge on any atom is 0.248 e. The van der Waals surface area contributed by atoms with Crippen LogP contribution < -0.4 is 5.32 Å². The molecule has 1 unspecified atom stereocenters. The van der Waals surface area contributed by atoms with Crippen molar-refractivity contribution in [3.8, 4) is 5.75 Å². The van der Waals surface area contributed by atoms with Gasteiger partial charge < -0.3 is 19.9 Å². The average Bonchev–Trinajstić information content (AvgIpc) is 2.98. The van der Waals surface area contributed by atoms with Crippen LogP contribution in [0.15, 0.2) is 47.2 Å². The number of aromatic nitrogens is 2. The molecule has 1 aromatic carbocycles. The Morgan fingerprint density at radius 1 is 1.27 bits per heavy atom. The number of ketones is 1. The van der Waals surface area contributed by atoms with Gasteiger partial charge in [0, 0.05) is 29.2 Å². The molecule has 9 heteroatoms. The van der Waals surface area contributed by atoms with Crippen molar-refractivity contribution in [2.45, 2.75) is 25.9 Å². The molecule has 0 saturated carbocycles. The minimum Gasteiger partial charge on any atom is -0.508 e. The predicted molar refractivity (Wildman–Crippen MR) is 114 cm³/mol. The molecular weight excluding hydrogens is 452 g/mol. The Labute approximate surface area is 180 Å². The van der Waals surface area contributed by atoms with Crippen molar-refractivity contribution in [3.63, 3.8) is 0 Å². The zero-order valence-electron chi connectivity index (χ0n) is 16.1. The third-order valence-corrected chi connectivity index (χ3v) is 5.60. The lowest BCUT2D eigenvalue weighted by Crippen LogP contribution is -2.57. The minimum atomic E-state index is -0.559. The van der Waals surface area contributed by atoms with E-state index in [-0.39, 0.29) is 29.9 Å². The standard InChI is InChI=1S/C21H19BrN4O4/c1-12(27)15-10-25(16-6-5-13(28)9-14(15)16)11-20(29)26-8-7-17(26)21(30)24-19-4-2-3-18(22)23-19/h2-6,9-10,17,28H,7-8,11H2,1H3,(H,23,24,30). The second-order valence-corrected chi connectivity index (χ2v) is 7.97. The SMILES string of the molecule is CC(=O)c1cn(CC(=O)N2CCC2C(=O)Nc2cccc(Br)n2)c2ccc(O)cc12. The number of phenols is 1. The number of amides is 2. The van der Waals surface area contributed by atoms with Crippen LogP contribution in [0, 0.1) is 0 Å². The van der Waals surface area contributed by atoms with Gasteiger partial charge in [-0.25, -0.2) is 4.98 Å². The summed E-state index contributed by atoms with van der Waals surface area (Å²) in [5.41, 5.74) is 1.11. The number of benzene rings is 1. The normalized spacial score (nSPS) is 15.7. The Morgan fingerprint density at radius 3 is 2.73 bits per heavy atom. The number of hydrogen-bond donors (Lipinski definition) is 2. The molecule has 30 heavy (non-hydrogen) atoms. The second kappa shape index (κ2) is 7.91. The summed E-state index contributed by atoms with van der Waals surface area (Å²) in [7, 11) is 0. The molecule has 1 fully saturated rings. The maximum atomic E-state index is 12.9. The first-order valence-electron chi connectivity index (χ1n) is 9.39. The van der Waals surface area contributed by atoms with Gasteiger partial charge in [0.15, 0.2) is 5.78 Å². The fourth-order valence-electron chi connectivity index (χ4n) is 3.58. The van der Waals surface area contributed by atoms with Gasteiger partial charge in [-0.15, -0.1) is 0 Å². The molecule has 2 N–H and O–H groups in total. The quantitative estimate of drug-likeness (QED) is 0.440. The highest BCUT2D eigenvalue weighted by Crippen LogP contribution is 2.27. The van der Waals surface area contributed by atoms with E-state index in [4.69, 9.17) is 0 Å². The molecule has 1 aliphatic rings. The third-order valence-electron chi connectivity index (χ3n) is 5.16. The van der Waals surface area contributed by atoms with Gasteiger partial charge in [-0.3, -0.25) is 14.4 Å². The fourth-order valence-corrected chi connectivity index (χ4v) is 3.92. The lowest BCUT2D eigenvalue weighted by molar-refractivity contribution is -0.145. The van der Waals surface area contributed by atoms with Gasteiger partial charge in [-0.05, 0) is 59.6 Å². The summed E-state index contributed by atoms with van der Waals surface area (Å²) in [4.78, 5) is 43.1. The first kappa shape index (κ1) is 20.1. The van der Waals surface area contributed by atoms with Gasteiger partial charge in [0.25, 0.3) is 0 Å². The monoisotopic (exact) mass is 470 g/mol. The molecule has 3 aromatic rings. The van der Waals surface area contributed by atoms with Crippen molar-refractivity contribution < 1.29 is 19.5 Å². The van der Waals surface area contributed by atoms with E-state index < -0.39 is 6.04 Å². The molecule has 1 saturated heterocycles. The number of halogens is 1. The summed E-state index contributed by atoms with van der Waals surface area (Å²) < 4.78 is 2.28. The summed E-state index contributed by atoms with van der Waals surface area (Å²) in [6, 6.07) is 9.33. The molecule has 2 amide bonds. The smallest absolute Gasteiger partial charge is 0.248 e. The molecule has 1 aliphatic heterocycles. The third kappa shape index (κ3) is 3.80. The van der Waals surface area contributed by atoms with E-state index in [1.54, 1.807) is 35.0 Å². The molecule has 3 heterocycles. The Balaban J connectivity index is 1.50. The Bertz CT molecular complexity index is 1170. The van der Waals surface area contributed by atoms with Crippen LogP contribution in [0.2, 0.25) is 0 Å². The summed E-state index contributed by atoms with van der Waals surface area (Å²) in [5, 5.41) is 13.1. The van der Waals surface area contributed by atoms with Gasteiger partial charge >= 0.3 is 0 Å². The molecule has 0 bridgehead atoms. The summed E-state index contributed by atoms with van der Waals surface area (Å²) >= 11 is 3.26. The number of rotatable bonds is 5. The largest absolute Gasteiger partial charge is 0.508 e. The van der Waals surface area contributed by atoms with E-state index in [9.17, 15) is 19.5 Å². The zero-order valence-corrected chi connectivity index (χ0v) is 17.7. The lowest BCUT2D eigenvalue weighted by atomic mass is 10.0. The summed E-state index contributed by atoms with van der Waals surface area (Å²) in [6.45, 7) is 1.92. The van der Waals surface area contributed by atoms with E-state index >= 15 is 0 Å². The van der Waals surface area contributed by atoms with Gasteiger partial charge in [-0.2, -0.15) is 0 Å². The molecule has 0 spiro atoms. The number of Topliss-reactive ketones (excluding diaryl/α,β-unsaturated/α-hetero) is 1. The summed E-state index contributed by atoms with van der Waals surface area (Å²) in [6.07, 6.45) is 2.19. The van der Waals surface area contributed by atoms with Crippen molar-refractivity contribution in [2.24, 2.45) is 0 Å². The van der Waals surface area contributed by atoms with Crippen LogP contribution in [0.5, 0.6) is 5.75 Å². The van der Waals surface area contributed by atoms with Gasteiger partial charge in [0.1, 0.15) is 28.8 Å². The van der Waals surface area contributed by atoms with Crippen LogP contribution in [0.25, 0.3) is 10.9 Å². The number of nitrogens with one attached hydrogen (secondary N) is 1. The number of carbonyl (C=O) groups excluding carboxylic acids is 3. The lowest BCUT2D eigenvalue weighted by Gasteiger charge is -2.39. The summed E-state index contributed by atoms with van der Waals surface area (Å²) in [5.74, 6) is -0.194. The highest BCUT2D eigenvalue weighted by Gasteiger charge is 2.37. The number of aromatic hydroxyl groups is 1.